The lowest BCUT2D eigenvalue weighted by atomic mass is 10.0. The maximum atomic E-state index is 11.6. The van der Waals surface area contributed by atoms with Crippen molar-refractivity contribution < 1.29 is 14.3 Å². The minimum Gasteiger partial charge on any atom is -0.453 e. The lowest BCUT2D eigenvalue weighted by Gasteiger charge is -2.19. The minimum absolute atomic E-state index is 0.0436. The lowest BCUT2D eigenvalue weighted by Crippen LogP contribution is -2.22. The van der Waals surface area contributed by atoms with Crippen LogP contribution in [-0.2, 0) is 22.6 Å². The average molecular weight is 625 g/mol. The molecule has 2 heterocycles. The molecule has 0 aliphatic heterocycles. The third kappa shape index (κ3) is 6.65. The van der Waals surface area contributed by atoms with Crippen molar-refractivity contribution in [1.82, 2.24) is 14.5 Å². The van der Waals surface area contributed by atoms with Gasteiger partial charge in [-0.15, -0.1) is 0 Å². The molecule has 2 aromatic heterocycles. The Hall–Kier alpha value is -3.37. The van der Waals surface area contributed by atoms with Crippen LogP contribution in [0.25, 0.3) is 22.4 Å². The zero-order valence-corrected chi connectivity index (χ0v) is 26.7. The maximum Gasteiger partial charge on any atom is 0.411 e. The van der Waals surface area contributed by atoms with E-state index in [9.17, 15) is 4.79 Å². The van der Waals surface area contributed by atoms with Gasteiger partial charge < -0.3 is 19.8 Å². The molecule has 1 amide bonds. The number of carbonyl (C=O) groups excluding carboxylic acids is 1. The smallest absolute Gasteiger partial charge is 0.411 e. The Bertz CT molecular complexity index is 1600. The van der Waals surface area contributed by atoms with Crippen LogP contribution in [0, 0.1) is 0 Å². The third-order valence-corrected chi connectivity index (χ3v) is 9.64. The first kappa shape index (κ1) is 30.1. The van der Waals surface area contributed by atoms with Crippen LogP contribution in [0.1, 0.15) is 29.4 Å². The number of imidazole rings is 1. The van der Waals surface area contributed by atoms with E-state index < -0.39 is 14.2 Å². The van der Waals surface area contributed by atoms with E-state index in [1.807, 2.05) is 30.5 Å². The number of pyridine rings is 1. The van der Waals surface area contributed by atoms with E-state index in [-0.39, 0.29) is 5.92 Å². The van der Waals surface area contributed by atoms with Crippen molar-refractivity contribution in [2.75, 3.05) is 24.8 Å². The molecule has 42 heavy (non-hydrogen) atoms. The molecule has 0 bridgehead atoms. The number of amides is 1. The SMILES string of the molecule is COC(=O)Nc1ccc(-c2c(Cl)nc(C3CCc4cc(-c5cc(Cl)ccc5N)cnc43)n2COCC[Si](C)(C)C)cc1. The van der Waals surface area contributed by atoms with Gasteiger partial charge in [0.15, 0.2) is 5.15 Å². The molecule has 1 aliphatic rings. The van der Waals surface area contributed by atoms with Gasteiger partial charge in [0, 0.05) is 54.0 Å². The van der Waals surface area contributed by atoms with Crippen LogP contribution in [0.3, 0.4) is 0 Å². The van der Waals surface area contributed by atoms with Gasteiger partial charge >= 0.3 is 6.09 Å². The molecule has 3 N–H and O–H groups in total. The number of nitrogens with two attached hydrogens (primary N) is 1. The van der Waals surface area contributed by atoms with E-state index in [2.05, 4.69) is 35.6 Å². The number of hydrogen-bond donors (Lipinski definition) is 2. The van der Waals surface area contributed by atoms with Crippen molar-refractivity contribution >= 4 is 48.7 Å². The fraction of sp³-hybridized carbons (Fsp3) is 0.323. The predicted molar refractivity (Wildman–Crippen MR) is 172 cm³/mol. The second-order valence-electron chi connectivity index (χ2n) is 11.7. The topological polar surface area (TPSA) is 104 Å². The number of halogens is 2. The van der Waals surface area contributed by atoms with Crippen molar-refractivity contribution in [3.05, 3.63) is 82.0 Å². The highest BCUT2D eigenvalue weighted by Crippen LogP contribution is 2.42. The fourth-order valence-electron chi connectivity index (χ4n) is 5.17. The summed E-state index contributed by atoms with van der Waals surface area (Å²) in [7, 11) is 0.0622. The monoisotopic (exact) mass is 623 g/mol. The van der Waals surface area contributed by atoms with Crippen LogP contribution < -0.4 is 11.1 Å². The normalized spacial score (nSPS) is 14.6. The summed E-state index contributed by atoms with van der Waals surface area (Å²) in [6.07, 6.45) is 3.02. The molecule has 5 rings (SSSR count). The highest BCUT2D eigenvalue weighted by atomic mass is 35.5. The summed E-state index contributed by atoms with van der Waals surface area (Å²) in [5.41, 5.74) is 13.1. The highest BCUT2D eigenvalue weighted by molar-refractivity contribution is 6.76. The Balaban J connectivity index is 1.50. The second-order valence-corrected chi connectivity index (χ2v) is 18.1. The van der Waals surface area contributed by atoms with Crippen LogP contribution in [-0.4, -0.2) is 42.4 Å². The van der Waals surface area contributed by atoms with Gasteiger partial charge in [-0.25, -0.2) is 9.78 Å². The Labute approximate surface area is 257 Å². The van der Waals surface area contributed by atoms with Crippen LogP contribution in [0.2, 0.25) is 35.9 Å². The van der Waals surface area contributed by atoms with Crippen LogP contribution in [0.15, 0.2) is 54.7 Å². The molecular weight excluding hydrogens is 589 g/mol. The molecule has 0 spiro atoms. The van der Waals surface area contributed by atoms with Crippen molar-refractivity contribution in [2.45, 2.75) is 51.2 Å². The van der Waals surface area contributed by atoms with Gasteiger partial charge in [0.1, 0.15) is 12.6 Å². The number of benzene rings is 2. The molecular formula is C31H35Cl2N5O3Si. The molecule has 0 saturated carbocycles. The van der Waals surface area contributed by atoms with Gasteiger partial charge in [0.2, 0.25) is 0 Å². The fourth-order valence-corrected chi connectivity index (χ4v) is 6.40. The van der Waals surface area contributed by atoms with Crippen LogP contribution in [0.5, 0.6) is 0 Å². The first-order chi connectivity index (χ1) is 20.0. The van der Waals surface area contributed by atoms with E-state index in [0.29, 0.717) is 34.9 Å². The number of aryl methyl sites for hydroxylation is 1. The largest absolute Gasteiger partial charge is 0.453 e. The Morgan fingerprint density at radius 1 is 1.12 bits per heavy atom. The number of methoxy groups -OCH3 is 1. The lowest BCUT2D eigenvalue weighted by molar-refractivity contribution is 0.0857. The summed E-state index contributed by atoms with van der Waals surface area (Å²) in [5, 5.41) is 3.70. The van der Waals surface area contributed by atoms with Gasteiger partial charge in [-0.3, -0.25) is 10.3 Å². The number of aromatic nitrogens is 3. The Kier molecular flexibility index (Phi) is 8.93. The first-order valence-electron chi connectivity index (χ1n) is 13.9. The van der Waals surface area contributed by atoms with Crippen molar-refractivity contribution in [1.29, 1.82) is 0 Å². The summed E-state index contributed by atoms with van der Waals surface area (Å²) in [6, 6.07) is 16.1. The second kappa shape index (κ2) is 12.5. The number of nitrogens with zero attached hydrogens (tertiary/aromatic N) is 3. The van der Waals surface area contributed by atoms with Crippen molar-refractivity contribution in [2.24, 2.45) is 0 Å². The van der Waals surface area contributed by atoms with E-state index in [1.54, 1.807) is 18.2 Å². The van der Waals surface area contributed by atoms with Gasteiger partial charge in [-0.05, 0) is 60.8 Å². The molecule has 4 aromatic rings. The van der Waals surface area contributed by atoms with E-state index >= 15 is 0 Å². The highest BCUT2D eigenvalue weighted by Gasteiger charge is 2.32. The molecule has 1 atom stereocenters. The molecule has 0 saturated heterocycles. The average Bonchev–Trinajstić information content (AvgIpc) is 3.52. The van der Waals surface area contributed by atoms with Crippen molar-refractivity contribution in [3.8, 4) is 22.4 Å². The molecule has 220 valence electrons. The molecule has 1 unspecified atom stereocenters. The van der Waals surface area contributed by atoms with Gasteiger partial charge in [-0.1, -0.05) is 55.0 Å². The number of anilines is 2. The van der Waals surface area contributed by atoms with Gasteiger partial charge in [0.25, 0.3) is 0 Å². The zero-order chi connectivity index (χ0) is 30.0. The van der Waals surface area contributed by atoms with Crippen LogP contribution >= 0.6 is 23.2 Å². The molecule has 0 radical (unpaired) electrons. The van der Waals surface area contributed by atoms with Gasteiger partial charge in [-0.2, -0.15) is 0 Å². The van der Waals surface area contributed by atoms with Crippen molar-refractivity contribution in [3.63, 3.8) is 0 Å². The molecule has 2 aromatic carbocycles. The number of ether oxygens (including phenoxy) is 2. The van der Waals surface area contributed by atoms with Crippen LogP contribution in [0.4, 0.5) is 16.2 Å². The number of nitrogen functional groups attached to an aromatic ring is 1. The summed E-state index contributed by atoms with van der Waals surface area (Å²) < 4.78 is 13.0. The quantitative estimate of drug-likeness (QED) is 0.111. The summed E-state index contributed by atoms with van der Waals surface area (Å²) in [6.45, 7) is 7.98. The standard InChI is InChI=1S/C31H35Cl2N5O3Si/c1-40-31(39)36-23-9-5-19(6-10-23)28-29(33)37-30(38(28)18-41-13-14-42(2,3)4)24-11-7-20-15-21(17-35-27(20)24)25-16-22(32)8-12-26(25)34/h5-6,8-10,12,15-17,24H,7,11,13-14,18,34H2,1-4H3,(H,36,39). The number of carbonyl (C=O) groups is 1. The zero-order valence-electron chi connectivity index (χ0n) is 24.2. The van der Waals surface area contributed by atoms with E-state index in [1.165, 1.54) is 7.11 Å². The number of rotatable bonds is 9. The molecule has 11 heteroatoms. The number of fused-ring (bicyclic) bond motifs is 1. The van der Waals surface area contributed by atoms with E-state index in [0.717, 1.165) is 58.4 Å². The molecule has 8 nitrogen and oxygen atoms in total. The summed E-state index contributed by atoms with van der Waals surface area (Å²) >= 11 is 13.1. The number of hydrogen-bond acceptors (Lipinski definition) is 6. The van der Waals surface area contributed by atoms with Gasteiger partial charge in [0.05, 0.1) is 24.4 Å². The summed E-state index contributed by atoms with van der Waals surface area (Å²) in [5.74, 6) is 0.777. The minimum atomic E-state index is -1.27. The predicted octanol–water partition coefficient (Wildman–Crippen LogP) is 8.07. The Morgan fingerprint density at radius 2 is 1.88 bits per heavy atom. The summed E-state index contributed by atoms with van der Waals surface area (Å²) in [4.78, 5) is 21.4. The molecule has 1 aliphatic carbocycles. The Morgan fingerprint density at radius 3 is 2.60 bits per heavy atom. The maximum absolute atomic E-state index is 11.6. The number of nitrogens with one attached hydrogen (secondary N) is 1. The third-order valence-electron chi connectivity index (χ3n) is 7.43. The molecule has 0 fully saturated rings. The first-order valence-corrected chi connectivity index (χ1v) is 18.3. The van der Waals surface area contributed by atoms with E-state index in [4.69, 9.17) is 48.4 Å².